The van der Waals surface area contributed by atoms with Crippen LogP contribution in [0.1, 0.15) is 24.1 Å². The third kappa shape index (κ3) is 5.75. The fraction of sp³-hybridized carbons (Fsp3) is 0.667. The average molecular weight is 423 g/mol. The van der Waals surface area contributed by atoms with Gasteiger partial charge >= 0.3 is 0 Å². The average Bonchev–Trinajstić information content (AvgIpc) is 3.09. The summed E-state index contributed by atoms with van der Waals surface area (Å²) in [7, 11) is 3.88. The molecular formula is C15H26IN3OS. The second-order valence-corrected chi connectivity index (χ2v) is 6.47. The quantitative estimate of drug-likeness (QED) is 0.435. The van der Waals surface area contributed by atoms with E-state index in [0.29, 0.717) is 5.92 Å². The number of aliphatic hydroxyl groups is 1. The monoisotopic (exact) mass is 423 g/mol. The van der Waals surface area contributed by atoms with Crippen LogP contribution < -0.4 is 5.32 Å². The first-order valence-corrected chi connectivity index (χ1v) is 8.21. The van der Waals surface area contributed by atoms with Crippen LogP contribution in [0.25, 0.3) is 0 Å². The summed E-state index contributed by atoms with van der Waals surface area (Å²) in [6, 6.07) is 4.26. The maximum Gasteiger partial charge on any atom is 0.193 e. The van der Waals surface area contributed by atoms with Crippen LogP contribution in [-0.2, 0) is 6.42 Å². The Bertz CT molecular complexity index is 425. The Kier molecular flexibility index (Phi) is 8.58. The van der Waals surface area contributed by atoms with E-state index in [9.17, 15) is 5.11 Å². The largest absolute Gasteiger partial charge is 0.393 e. The maximum atomic E-state index is 9.85. The number of aliphatic hydroxyl groups excluding tert-OH is 1. The summed E-state index contributed by atoms with van der Waals surface area (Å²) in [6.45, 7) is 1.77. The Morgan fingerprint density at radius 2 is 2.33 bits per heavy atom. The molecule has 2 rings (SSSR count). The first-order chi connectivity index (χ1) is 9.70. The van der Waals surface area contributed by atoms with Crippen molar-refractivity contribution in [3.05, 3.63) is 22.4 Å². The van der Waals surface area contributed by atoms with E-state index >= 15 is 0 Å². The molecule has 2 unspecified atom stereocenters. The van der Waals surface area contributed by atoms with Gasteiger partial charge in [0.15, 0.2) is 5.96 Å². The zero-order valence-corrected chi connectivity index (χ0v) is 15.9. The molecule has 120 valence electrons. The summed E-state index contributed by atoms with van der Waals surface area (Å²) in [4.78, 5) is 7.88. The zero-order valence-electron chi connectivity index (χ0n) is 12.8. The molecule has 1 saturated carbocycles. The molecule has 21 heavy (non-hydrogen) atoms. The first-order valence-electron chi connectivity index (χ1n) is 7.33. The molecular weight excluding hydrogens is 397 g/mol. The second-order valence-electron chi connectivity index (χ2n) is 5.44. The fourth-order valence-corrected chi connectivity index (χ4v) is 3.40. The van der Waals surface area contributed by atoms with E-state index in [1.165, 1.54) is 4.88 Å². The van der Waals surface area contributed by atoms with Crippen molar-refractivity contribution in [2.24, 2.45) is 10.9 Å². The highest BCUT2D eigenvalue weighted by Crippen LogP contribution is 2.24. The van der Waals surface area contributed by atoms with Gasteiger partial charge in [-0.05, 0) is 30.7 Å². The van der Waals surface area contributed by atoms with Crippen LogP contribution in [0.5, 0.6) is 0 Å². The van der Waals surface area contributed by atoms with E-state index in [0.717, 1.165) is 44.7 Å². The number of nitrogens with zero attached hydrogens (tertiary/aromatic N) is 2. The molecule has 0 aliphatic heterocycles. The summed E-state index contributed by atoms with van der Waals surface area (Å²) in [5.41, 5.74) is 0. The molecule has 0 saturated heterocycles. The number of nitrogens with one attached hydrogen (secondary N) is 1. The fourth-order valence-electron chi connectivity index (χ4n) is 2.70. The highest BCUT2D eigenvalue weighted by atomic mass is 127. The van der Waals surface area contributed by atoms with Crippen LogP contribution in [0.4, 0.5) is 0 Å². The molecule has 6 heteroatoms. The Hall–Kier alpha value is -0.340. The van der Waals surface area contributed by atoms with Crippen LogP contribution >= 0.6 is 35.3 Å². The number of likely N-dealkylation sites (N-methyl/N-ethyl adjacent to an activating group) is 1. The minimum absolute atomic E-state index is 0. The van der Waals surface area contributed by atoms with Crippen molar-refractivity contribution in [2.45, 2.75) is 31.8 Å². The minimum Gasteiger partial charge on any atom is -0.393 e. The van der Waals surface area contributed by atoms with E-state index < -0.39 is 0 Å². The predicted molar refractivity (Wildman–Crippen MR) is 101 cm³/mol. The summed E-state index contributed by atoms with van der Waals surface area (Å²) in [5.74, 6) is 1.29. The van der Waals surface area contributed by atoms with Crippen LogP contribution in [-0.4, -0.2) is 49.3 Å². The number of guanidine groups is 1. The van der Waals surface area contributed by atoms with Crippen LogP contribution in [0.15, 0.2) is 22.5 Å². The van der Waals surface area contributed by atoms with Gasteiger partial charge in [0.1, 0.15) is 0 Å². The highest BCUT2D eigenvalue weighted by Gasteiger charge is 2.25. The topological polar surface area (TPSA) is 47.9 Å². The van der Waals surface area contributed by atoms with E-state index in [2.05, 4.69) is 39.8 Å². The normalized spacial score (nSPS) is 22.0. The Morgan fingerprint density at radius 3 is 2.90 bits per heavy atom. The molecule has 0 amide bonds. The van der Waals surface area contributed by atoms with Crippen molar-refractivity contribution in [3.8, 4) is 0 Å². The number of aliphatic imine (C=N–C) groups is 1. The maximum absolute atomic E-state index is 9.85. The molecule has 2 N–H and O–H groups in total. The van der Waals surface area contributed by atoms with E-state index in [-0.39, 0.29) is 30.1 Å². The molecule has 1 heterocycles. The minimum atomic E-state index is -0.142. The molecule has 0 aromatic carbocycles. The molecule has 2 atom stereocenters. The van der Waals surface area contributed by atoms with Crippen molar-refractivity contribution in [3.63, 3.8) is 0 Å². The highest BCUT2D eigenvalue weighted by molar-refractivity contribution is 14.0. The standard InChI is InChI=1S/C15H25N3OS.HI/c1-16-15(17-11-12-5-3-7-14(12)19)18(2)9-8-13-6-4-10-20-13;/h4,6,10,12,14,19H,3,5,7-9,11H2,1-2H3,(H,16,17);1H. The molecule has 4 nitrogen and oxygen atoms in total. The number of halogens is 1. The zero-order chi connectivity index (χ0) is 14.4. The molecule has 1 aromatic rings. The van der Waals surface area contributed by atoms with Gasteiger partial charge in [0, 0.05) is 38.0 Å². The van der Waals surface area contributed by atoms with Gasteiger partial charge in [-0.3, -0.25) is 4.99 Å². The second kappa shape index (κ2) is 9.63. The Labute approximate surface area is 148 Å². The third-order valence-corrected chi connectivity index (χ3v) is 4.92. The van der Waals surface area contributed by atoms with Crippen LogP contribution in [0, 0.1) is 5.92 Å². The lowest BCUT2D eigenvalue weighted by Crippen LogP contribution is -2.42. The third-order valence-electron chi connectivity index (χ3n) is 3.99. The van der Waals surface area contributed by atoms with Crippen molar-refractivity contribution in [1.29, 1.82) is 0 Å². The Morgan fingerprint density at radius 1 is 1.52 bits per heavy atom. The lowest BCUT2D eigenvalue weighted by Gasteiger charge is -2.24. The van der Waals surface area contributed by atoms with Crippen molar-refractivity contribution < 1.29 is 5.11 Å². The lowest BCUT2D eigenvalue weighted by atomic mass is 10.1. The van der Waals surface area contributed by atoms with Gasteiger partial charge in [0.05, 0.1) is 6.10 Å². The van der Waals surface area contributed by atoms with Gasteiger partial charge in [-0.1, -0.05) is 12.5 Å². The van der Waals surface area contributed by atoms with Crippen LogP contribution in [0.3, 0.4) is 0 Å². The van der Waals surface area contributed by atoms with Crippen molar-refractivity contribution >= 4 is 41.3 Å². The first kappa shape index (κ1) is 18.7. The summed E-state index contributed by atoms with van der Waals surface area (Å²) in [5, 5.41) is 15.4. The summed E-state index contributed by atoms with van der Waals surface area (Å²) in [6.07, 6.45) is 4.10. The van der Waals surface area contributed by atoms with Gasteiger partial charge < -0.3 is 15.3 Å². The van der Waals surface area contributed by atoms with Gasteiger partial charge in [-0.25, -0.2) is 0 Å². The smallest absolute Gasteiger partial charge is 0.193 e. The van der Waals surface area contributed by atoms with E-state index in [1.54, 1.807) is 11.3 Å². The lowest BCUT2D eigenvalue weighted by molar-refractivity contribution is 0.134. The van der Waals surface area contributed by atoms with Gasteiger partial charge in [0.25, 0.3) is 0 Å². The molecule has 0 radical (unpaired) electrons. The van der Waals surface area contributed by atoms with E-state index in [4.69, 9.17) is 0 Å². The predicted octanol–water partition coefficient (Wildman–Crippen LogP) is 2.58. The number of rotatable bonds is 5. The van der Waals surface area contributed by atoms with Gasteiger partial charge in [-0.2, -0.15) is 0 Å². The van der Waals surface area contributed by atoms with Crippen LogP contribution in [0.2, 0.25) is 0 Å². The number of hydrogen-bond acceptors (Lipinski definition) is 3. The van der Waals surface area contributed by atoms with Gasteiger partial charge in [-0.15, -0.1) is 35.3 Å². The molecule has 1 aromatic heterocycles. The van der Waals surface area contributed by atoms with E-state index in [1.807, 2.05) is 7.05 Å². The number of thiophene rings is 1. The number of hydrogen-bond donors (Lipinski definition) is 2. The molecule has 0 spiro atoms. The van der Waals surface area contributed by atoms with Gasteiger partial charge in [0.2, 0.25) is 0 Å². The molecule has 1 aliphatic carbocycles. The molecule has 0 bridgehead atoms. The Balaban J connectivity index is 0.00000220. The summed E-state index contributed by atoms with van der Waals surface area (Å²) >= 11 is 1.80. The molecule has 1 aliphatic rings. The molecule has 1 fully saturated rings. The SMILES string of the molecule is CN=C(NCC1CCCC1O)N(C)CCc1cccs1.I. The van der Waals surface area contributed by atoms with Crippen molar-refractivity contribution in [2.75, 3.05) is 27.2 Å². The summed E-state index contributed by atoms with van der Waals surface area (Å²) < 4.78 is 0. The van der Waals surface area contributed by atoms with Crippen molar-refractivity contribution in [1.82, 2.24) is 10.2 Å².